The largest absolute Gasteiger partial charge is 0.354 e. The van der Waals surface area contributed by atoms with Gasteiger partial charge in [-0.15, -0.1) is 0 Å². The van der Waals surface area contributed by atoms with Crippen LogP contribution in [0.3, 0.4) is 0 Å². The van der Waals surface area contributed by atoms with Gasteiger partial charge in [0, 0.05) is 51.0 Å². The molecule has 1 saturated heterocycles. The van der Waals surface area contributed by atoms with Crippen molar-refractivity contribution in [1.29, 1.82) is 0 Å². The summed E-state index contributed by atoms with van der Waals surface area (Å²) in [6.07, 6.45) is 5.57. The normalized spacial score (nSPS) is 15.8. The summed E-state index contributed by atoms with van der Waals surface area (Å²) >= 11 is 0. The van der Waals surface area contributed by atoms with E-state index >= 15 is 0 Å². The number of pyridine rings is 1. The SMILES string of the molecule is CN=C(NCc1cccc(-c2ncn[nH]2)c1)NC1CCN(Cc2ccccn2)CC1. The molecule has 30 heavy (non-hydrogen) atoms. The molecule has 0 amide bonds. The van der Waals surface area contributed by atoms with Crippen molar-refractivity contribution in [1.82, 2.24) is 35.7 Å². The zero-order valence-electron chi connectivity index (χ0n) is 17.3. The highest BCUT2D eigenvalue weighted by Crippen LogP contribution is 2.16. The van der Waals surface area contributed by atoms with E-state index in [4.69, 9.17) is 0 Å². The third-order valence-corrected chi connectivity index (χ3v) is 5.34. The fourth-order valence-corrected chi connectivity index (χ4v) is 3.70. The first-order chi connectivity index (χ1) is 14.8. The maximum Gasteiger partial charge on any atom is 0.191 e. The van der Waals surface area contributed by atoms with Gasteiger partial charge in [-0.25, -0.2) is 4.98 Å². The average Bonchev–Trinajstić information content (AvgIpc) is 3.34. The topological polar surface area (TPSA) is 94.1 Å². The van der Waals surface area contributed by atoms with E-state index in [1.807, 2.05) is 37.5 Å². The number of hydrogen-bond donors (Lipinski definition) is 3. The van der Waals surface area contributed by atoms with Gasteiger partial charge in [0.1, 0.15) is 6.33 Å². The van der Waals surface area contributed by atoms with E-state index in [1.165, 1.54) is 6.33 Å². The molecule has 4 rings (SSSR count). The molecule has 3 aromatic rings. The van der Waals surface area contributed by atoms with Crippen molar-refractivity contribution >= 4 is 5.96 Å². The van der Waals surface area contributed by atoms with Gasteiger partial charge in [-0.3, -0.25) is 20.0 Å². The number of likely N-dealkylation sites (tertiary alicyclic amines) is 1. The highest BCUT2D eigenvalue weighted by Gasteiger charge is 2.20. The summed E-state index contributed by atoms with van der Waals surface area (Å²) in [5.74, 6) is 1.61. The van der Waals surface area contributed by atoms with Crippen LogP contribution in [0.1, 0.15) is 24.1 Å². The first-order valence-corrected chi connectivity index (χ1v) is 10.3. The highest BCUT2D eigenvalue weighted by atomic mass is 15.2. The zero-order valence-corrected chi connectivity index (χ0v) is 17.3. The maximum atomic E-state index is 4.43. The monoisotopic (exact) mass is 404 g/mol. The summed E-state index contributed by atoms with van der Waals surface area (Å²) < 4.78 is 0. The van der Waals surface area contributed by atoms with Gasteiger partial charge >= 0.3 is 0 Å². The number of hydrogen-bond acceptors (Lipinski definition) is 5. The van der Waals surface area contributed by atoms with Crippen molar-refractivity contribution in [2.24, 2.45) is 4.99 Å². The van der Waals surface area contributed by atoms with E-state index < -0.39 is 0 Å². The van der Waals surface area contributed by atoms with Gasteiger partial charge in [-0.2, -0.15) is 5.10 Å². The molecule has 0 bridgehead atoms. The Morgan fingerprint density at radius 3 is 2.80 bits per heavy atom. The van der Waals surface area contributed by atoms with Crippen LogP contribution in [0.5, 0.6) is 0 Å². The Labute approximate surface area is 176 Å². The van der Waals surface area contributed by atoms with Gasteiger partial charge < -0.3 is 10.6 Å². The van der Waals surface area contributed by atoms with Crippen LogP contribution in [0.4, 0.5) is 0 Å². The Hall–Kier alpha value is -3.26. The molecule has 2 aromatic heterocycles. The maximum absolute atomic E-state index is 4.43. The molecule has 0 radical (unpaired) electrons. The Balaban J connectivity index is 1.24. The predicted molar refractivity (Wildman–Crippen MR) is 118 cm³/mol. The second kappa shape index (κ2) is 9.98. The molecule has 1 aliphatic rings. The van der Waals surface area contributed by atoms with Crippen LogP contribution >= 0.6 is 0 Å². The van der Waals surface area contributed by atoms with Crippen molar-refractivity contribution in [3.8, 4) is 11.4 Å². The van der Waals surface area contributed by atoms with Gasteiger partial charge in [0.05, 0.1) is 5.69 Å². The molecule has 0 saturated carbocycles. The molecule has 0 aliphatic carbocycles. The molecule has 1 aromatic carbocycles. The van der Waals surface area contributed by atoms with Crippen molar-refractivity contribution < 1.29 is 0 Å². The third kappa shape index (κ3) is 5.42. The fraction of sp³-hybridized carbons (Fsp3) is 0.364. The summed E-state index contributed by atoms with van der Waals surface area (Å²) in [6, 6.07) is 14.8. The van der Waals surface area contributed by atoms with Gasteiger partial charge in [-0.05, 0) is 36.6 Å². The molecule has 3 N–H and O–H groups in total. The molecule has 156 valence electrons. The second-order valence-electron chi connectivity index (χ2n) is 7.48. The number of aliphatic imine (C=N–C) groups is 1. The quantitative estimate of drug-likeness (QED) is 0.431. The Morgan fingerprint density at radius 2 is 2.07 bits per heavy atom. The van der Waals surface area contributed by atoms with Gasteiger partial charge in [0.15, 0.2) is 11.8 Å². The molecule has 8 heteroatoms. The lowest BCUT2D eigenvalue weighted by molar-refractivity contribution is 0.196. The smallest absolute Gasteiger partial charge is 0.191 e. The lowest BCUT2D eigenvalue weighted by Gasteiger charge is -2.32. The van der Waals surface area contributed by atoms with Crippen LogP contribution < -0.4 is 10.6 Å². The van der Waals surface area contributed by atoms with Crippen molar-refractivity contribution in [3.63, 3.8) is 0 Å². The number of nitrogens with one attached hydrogen (secondary N) is 3. The number of nitrogens with zero attached hydrogens (tertiary/aromatic N) is 5. The van der Waals surface area contributed by atoms with Crippen molar-refractivity contribution in [2.75, 3.05) is 20.1 Å². The van der Waals surface area contributed by atoms with Crippen LogP contribution in [-0.4, -0.2) is 57.2 Å². The molecular formula is C22H28N8. The summed E-state index contributed by atoms with van der Waals surface area (Å²) in [7, 11) is 1.82. The van der Waals surface area contributed by atoms with Crippen LogP contribution in [-0.2, 0) is 13.1 Å². The number of piperidine rings is 1. The second-order valence-corrected chi connectivity index (χ2v) is 7.48. The van der Waals surface area contributed by atoms with E-state index in [0.29, 0.717) is 12.6 Å². The molecule has 8 nitrogen and oxygen atoms in total. The molecule has 3 heterocycles. The first kappa shape index (κ1) is 20.0. The molecule has 0 atom stereocenters. The number of aromatic nitrogens is 4. The van der Waals surface area contributed by atoms with E-state index in [0.717, 1.165) is 61.1 Å². The number of benzene rings is 1. The van der Waals surface area contributed by atoms with E-state index in [2.05, 4.69) is 58.9 Å². The Kier molecular flexibility index (Phi) is 6.66. The summed E-state index contributed by atoms with van der Waals surface area (Å²) in [6.45, 7) is 3.73. The summed E-state index contributed by atoms with van der Waals surface area (Å²) in [5, 5.41) is 13.8. The van der Waals surface area contributed by atoms with Crippen LogP contribution in [0.2, 0.25) is 0 Å². The van der Waals surface area contributed by atoms with Crippen LogP contribution in [0.25, 0.3) is 11.4 Å². The standard InChI is InChI=1S/C22H28N8/c1-23-22(25-14-17-5-4-6-18(13-17)21-26-16-27-29-21)28-19-8-11-30(12-9-19)15-20-7-2-3-10-24-20/h2-7,10,13,16,19H,8-9,11-12,14-15H2,1H3,(H2,23,25,28)(H,26,27,29). The molecular weight excluding hydrogens is 376 g/mol. The lowest BCUT2D eigenvalue weighted by Crippen LogP contribution is -2.48. The average molecular weight is 405 g/mol. The zero-order chi connectivity index (χ0) is 20.6. The molecule has 1 fully saturated rings. The summed E-state index contributed by atoms with van der Waals surface area (Å²) in [5.41, 5.74) is 3.32. The van der Waals surface area contributed by atoms with Gasteiger partial charge in [-0.1, -0.05) is 24.3 Å². The minimum atomic E-state index is 0.428. The Bertz CT molecular complexity index is 931. The lowest BCUT2D eigenvalue weighted by atomic mass is 10.0. The first-order valence-electron chi connectivity index (χ1n) is 10.3. The van der Waals surface area contributed by atoms with E-state index in [9.17, 15) is 0 Å². The summed E-state index contributed by atoms with van der Waals surface area (Å²) in [4.78, 5) is 15.5. The number of guanidine groups is 1. The van der Waals surface area contributed by atoms with Crippen molar-refractivity contribution in [2.45, 2.75) is 32.0 Å². The van der Waals surface area contributed by atoms with Crippen LogP contribution in [0.15, 0.2) is 60.0 Å². The van der Waals surface area contributed by atoms with Crippen LogP contribution in [0, 0.1) is 0 Å². The minimum Gasteiger partial charge on any atom is -0.354 e. The number of aromatic amines is 1. The minimum absolute atomic E-state index is 0.428. The van der Waals surface area contributed by atoms with E-state index in [-0.39, 0.29) is 0 Å². The molecule has 0 unspecified atom stereocenters. The molecule has 0 spiro atoms. The Morgan fingerprint density at radius 1 is 1.17 bits per heavy atom. The van der Waals surface area contributed by atoms with Crippen molar-refractivity contribution in [3.05, 3.63) is 66.2 Å². The third-order valence-electron chi connectivity index (χ3n) is 5.34. The fourth-order valence-electron chi connectivity index (χ4n) is 3.70. The number of rotatable bonds is 6. The van der Waals surface area contributed by atoms with E-state index in [1.54, 1.807) is 0 Å². The predicted octanol–water partition coefficient (Wildman–Crippen LogP) is 2.20. The molecule has 1 aliphatic heterocycles. The van der Waals surface area contributed by atoms with Gasteiger partial charge in [0.25, 0.3) is 0 Å². The highest BCUT2D eigenvalue weighted by molar-refractivity contribution is 5.80. The number of H-pyrrole nitrogens is 1. The van der Waals surface area contributed by atoms with Gasteiger partial charge in [0.2, 0.25) is 0 Å².